The van der Waals surface area contributed by atoms with E-state index in [2.05, 4.69) is 24.3 Å². The van der Waals surface area contributed by atoms with Crippen LogP contribution in [0.15, 0.2) is 59.5 Å². The molecule has 0 aliphatic rings. The van der Waals surface area contributed by atoms with Crippen LogP contribution in [0.1, 0.15) is 11.1 Å². The summed E-state index contributed by atoms with van der Waals surface area (Å²) in [6.45, 7) is 0. The summed E-state index contributed by atoms with van der Waals surface area (Å²) in [5, 5.41) is 8.79. The molecule has 0 radical (unpaired) electrons. The summed E-state index contributed by atoms with van der Waals surface area (Å²) in [6, 6.07) is 20.2. The summed E-state index contributed by atoms with van der Waals surface area (Å²) in [7, 11) is 0. The van der Waals surface area contributed by atoms with Gasteiger partial charge in [-0.2, -0.15) is 5.26 Å². The zero-order valence-corrected chi connectivity index (χ0v) is 9.58. The third-order valence-corrected chi connectivity index (χ3v) is 3.29. The molecule has 0 atom stereocenters. The van der Waals surface area contributed by atoms with Crippen molar-refractivity contribution in [3.8, 4) is 6.07 Å². The molecule has 0 saturated carbocycles. The molecule has 78 valence electrons. The molecule has 0 unspecified atom stereocenters. The molecule has 0 bridgehead atoms. The Bertz CT molecular complexity index is 500. The Hall–Kier alpha value is -1.72. The van der Waals surface area contributed by atoms with E-state index in [4.69, 9.17) is 5.26 Å². The fourth-order valence-electron chi connectivity index (χ4n) is 1.41. The summed E-state index contributed by atoms with van der Waals surface area (Å²) in [4.78, 5) is 1.25. The first-order chi connectivity index (χ1) is 7.88. The maximum absolute atomic E-state index is 8.79. The van der Waals surface area contributed by atoms with Crippen LogP contribution in [0.25, 0.3) is 0 Å². The van der Waals surface area contributed by atoms with Crippen LogP contribution in [0.3, 0.4) is 0 Å². The van der Waals surface area contributed by atoms with Gasteiger partial charge in [-0.1, -0.05) is 30.3 Å². The van der Waals surface area contributed by atoms with Crippen LogP contribution in [0, 0.1) is 11.3 Å². The number of rotatable bonds is 3. The first-order valence-corrected chi connectivity index (χ1v) is 6.04. The van der Waals surface area contributed by atoms with E-state index in [-0.39, 0.29) is 0 Å². The highest BCUT2D eigenvalue weighted by atomic mass is 32.2. The third kappa shape index (κ3) is 2.88. The van der Waals surface area contributed by atoms with Gasteiger partial charge < -0.3 is 0 Å². The average molecular weight is 225 g/mol. The molecule has 0 N–H and O–H groups in total. The predicted molar refractivity (Wildman–Crippen MR) is 67.2 cm³/mol. The summed E-state index contributed by atoms with van der Waals surface area (Å²) >= 11 is 1.78. The molecule has 2 heteroatoms. The van der Waals surface area contributed by atoms with Crippen LogP contribution in [0.4, 0.5) is 0 Å². The maximum Gasteiger partial charge on any atom is 0.0991 e. The molecule has 0 heterocycles. The Morgan fingerprint density at radius 2 is 1.81 bits per heavy atom. The van der Waals surface area contributed by atoms with E-state index < -0.39 is 0 Å². The summed E-state index contributed by atoms with van der Waals surface area (Å²) in [6.07, 6.45) is 0. The van der Waals surface area contributed by atoms with Crippen molar-refractivity contribution in [2.75, 3.05) is 0 Å². The molecule has 0 fully saturated rings. The minimum absolute atomic E-state index is 0.728. The van der Waals surface area contributed by atoms with Gasteiger partial charge in [0, 0.05) is 10.6 Å². The normalized spacial score (nSPS) is 9.69. The molecule has 0 spiro atoms. The molecule has 0 aromatic heterocycles. The molecule has 1 nitrogen and oxygen atoms in total. The van der Waals surface area contributed by atoms with Crippen LogP contribution in [-0.2, 0) is 5.75 Å². The highest BCUT2D eigenvalue weighted by Gasteiger charge is 1.97. The van der Waals surface area contributed by atoms with Crippen molar-refractivity contribution < 1.29 is 0 Å². The monoisotopic (exact) mass is 225 g/mol. The van der Waals surface area contributed by atoms with Gasteiger partial charge in [0.25, 0.3) is 0 Å². The van der Waals surface area contributed by atoms with Gasteiger partial charge in [-0.25, -0.2) is 0 Å². The van der Waals surface area contributed by atoms with Gasteiger partial charge in [-0.3, -0.25) is 0 Å². The van der Waals surface area contributed by atoms with E-state index in [0.717, 1.165) is 11.3 Å². The smallest absolute Gasteiger partial charge is 0.0991 e. The van der Waals surface area contributed by atoms with Gasteiger partial charge in [-0.15, -0.1) is 11.8 Å². The number of benzene rings is 2. The second-order valence-corrected chi connectivity index (χ2v) is 4.46. The average Bonchev–Trinajstić information content (AvgIpc) is 2.38. The lowest BCUT2D eigenvalue weighted by Crippen LogP contribution is -1.82. The number of thioether (sulfide) groups is 1. The number of hydrogen-bond donors (Lipinski definition) is 0. The molecule has 0 amide bonds. The van der Waals surface area contributed by atoms with Crippen molar-refractivity contribution in [3.63, 3.8) is 0 Å². The zero-order chi connectivity index (χ0) is 11.2. The van der Waals surface area contributed by atoms with Crippen molar-refractivity contribution in [1.29, 1.82) is 5.26 Å². The van der Waals surface area contributed by atoms with Gasteiger partial charge >= 0.3 is 0 Å². The molecule has 2 rings (SSSR count). The minimum atomic E-state index is 0.728. The lowest BCUT2D eigenvalue weighted by atomic mass is 10.2. The maximum atomic E-state index is 8.79. The second-order valence-electron chi connectivity index (χ2n) is 3.41. The highest BCUT2D eigenvalue weighted by Crippen LogP contribution is 2.22. The Morgan fingerprint density at radius 3 is 2.56 bits per heavy atom. The third-order valence-electron chi connectivity index (χ3n) is 2.20. The molecule has 2 aromatic carbocycles. The Kier molecular flexibility index (Phi) is 3.63. The molecule has 16 heavy (non-hydrogen) atoms. The second kappa shape index (κ2) is 5.39. The van der Waals surface area contributed by atoms with Crippen molar-refractivity contribution in [3.05, 3.63) is 65.7 Å². The summed E-state index contributed by atoms with van der Waals surface area (Å²) in [5.41, 5.74) is 1.92. The van der Waals surface area contributed by atoms with Crippen LogP contribution >= 0.6 is 11.8 Å². The van der Waals surface area contributed by atoms with Gasteiger partial charge in [0.05, 0.1) is 11.6 Å². The van der Waals surface area contributed by atoms with E-state index in [1.54, 1.807) is 11.8 Å². The van der Waals surface area contributed by atoms with Crippen molar-refractivity contribution in [2.24, 2.45) is 0 Å². The lowest BCUT2D eigenvalue weighted by Gasteiger charge is -2.01. The quantitative estimate of drug-likeness (QED) is 0.741. The van der Waals surface area contributed by atoms with Crippen LogP contribution < -0.4 is 0 Å². The van der Waals surface area contributed by atoms with Gasteiger partial charge in [0.15, 0.2) is 0 Å². The molecular formula is C14H11NS. The predicted octanol–water partition coefficient (Wildman–Crippen LogP) is 3.85. The fraction of sp³-hybridized carbons (Fsp3) is 0.0714. The zero-order valence-electron chi connectivity index (χ0n) is 8.76. The first kappa shape index (κ1) is 10.8. The topological polar surface area (TPSA) is 23.8 Å². The van der Waals surface area contributed by atoms with Crippen LogP contribution in [0.5, 0.6) is 0 Å². The largest absolute Gasteiger partial charge is 0.192 e. The first-order valence-electron chi connectivity index (χ1n) is 5.05. The molecule has 0 aliphatic carbocycles. The SMILES string of the molecule is N#Cc1cccc(CSc2ccccc2)c1. The van der Waals surface area contributed by atoms with E-state index >= 15 is 0 Å². The van der Waals surface area contributed by atoms with Gasteiger partial charge in [-0.05, 0) is 29.8 Å². The molecular weight excluding hydrogens is 214 g/mol. The molecule has 2 aromatic rings. The Balaban J connectivity index is 2.03. The van der Waals surface area contributed by atoms with Crippen LogP contribution in [-0.4, -0.2) is 0 Å². The Morgan fingerprint density at radius 1 is 1.00 bits per heavy atom. The number of hydrogen-bond acceptors (Lipinski definition) is 2. The van der Waals surface area contributed by atoms with E-state index in [1.807, 2.05) is 36.4 Å². The van der Waals surface area contributed by atoms with Crippen LogP contribution in [0.2, 0.25) is 0 Å². The van der Waals surface area contributed by atoms with Gasteiger partial charge in [0.1, 0.15) is 0 Å². The highest BCUT2D eigenvalue weighted by molar-refractivity contribution is 7.98. The summed E-state index contributed by atoms with van der Waals surface area (Å²) < 4.78 is 0. The lowest BCUT2D eigenvalue weighted by molar-refractivity contribution is 1.36. The summed E-state index contributed by atoms with van der Waals surface area (Å²) in [5.74, 6) is 0.902. The fourth-order valence-corrected chi connectivity index (χ4v) is 2.28. The standard InChI is InChI=1S/C14H11NS/c15-10-12-5-4-6-13(9-12)11-16-14-7-2-1-3-8-14/h1-9H,11H2. The Labute approximate surface area is 99.7 Å². The number of nitrogens with zero attached hydrogens (tertiary/aromatic N) is 1. The molecule has 0 aliphatic heterocycles. The van der Waals surface area contributed by atoms with E-state index in [1.165, 1.54) is 10.5 Å². The number of nitriles is 1. The van der Waals surface area contributed by atoms with E-state index in [0.29, 0.717) is 0 Å². The minimum Gasteiger partial charge on any atom is -0.192 e. The van der Waals surface area contributed by atoms with Crippen molar-refractivity contribution in [1.82, 2.24) is 0 Å². The molecule has 0 saturated heterocycles. The van der Waals surface area contributed by atoms with E-state index in [9.17, 15) is 0 Å². The van der Waals surface area contributed by atoms with Gasteiger partial charge in [0.2, 0.25) is 0 Å². The van der Waals surface area contributed by atoms with Crippen molar-refractivity contribution >= 4 is 11.8 Å². The van der Waals surface area contributed by atoms with Crippen molar-refractivity contribution in [2.45, 2.75) is 10.6 Å².